The predicted molar refractivity (Wildman–Crippen MR) is 91.7 cm³/mol. The van der Waals surface area contributed by atoms with Crippen LogP contribution in [0.5, 0.6) is 0 Å². The van der Waals surface area contributed by atoms with E-state index in [-0.39, 0.29) is 5.91 Å². The molecule has 0 saturated carbocycles. The van der Waals surface area contributed by atoms with E-state index in [0.29, 0.717) is 12.3 Å². The summed E-state index contributed by atoms with van der Waals surface area (Å²) in [4.78, 5) is 17.1. The Kier molecular flexibility index (Phi) is 4.49. The molecule has 2 aliphatic heterocycles. The molecule has 3 heterocycles. The zero-order valence-corrected chi connectivity index (χ0v) is 13.9. The number of rotatable bonds is 4. The van der Waals surface area contributed by atoms with Crippen molar-refractivity contribution < 1.29 is 9.53 Å². The molecule has 0 radical (unpaired) electrons. The van der Waals surface area contributed by atoms with Gasteiger partial charge in [0.25, 0.3) is 0 Å². The standard InChI is InChI=1S/C18H24N4O2/c23-18(11-17-15-3-1-2-4-16(15)19-20-17)22-6-5-14(13-22)12-21-7-9-24-10-8-21/h1-4,14H,5-13H2,(H,19,20)/t14-/m0/s1. The number of aromatic amines is 1. The maximum Gasteiger partial charge on any atom is 0.228 e. The Morgan fingerprint density at radius 1 is 1.25 bits per heavy atom. The SMILES string of the molecule is O=C(Cc1[nH]nc2ccccc12)N1CC[C@@H](CN2CCOCC2)C1. The topological polar surface area (TPSA) is 61.5 Å². The van der Waals surface area contributed by atoms with E-state index in [2.05, 4.69) is 15.1 Å². The first-order chi connectivity index (χ1) is 11.8. The summed E-state index contributed by atoms with van der Waals surface area (Å²) in [5.41, 5.74) is 1.85. The van der Waals surface area contributed by atoms with Gasteiger partial charge in [0.15, 0.2) is 0 Å². The van der Waals surface area contributed by atoms with Crippen molar-refractivity contribution in [3.05, 3.63) is 30.0 Å². The number of aromatic nitrogens is 2. The minimum atomic E-state index is 0.203. The molecule has 0 bridgehead atoms. The molecule has 24 heavy (non-hydrogen) atoms. The van der Waals surface area contributed by atoms with E-state index >= 15 is 0 Å². The van der Waals surface area contributed by atoms with E-state index in [1.807, 2.05) is 29.2 Å². The largest absolute Gasteiger partial charge is 0.379 e. The average molecular weight is 328 g/mol. The Bertz CT molecular complexity index is 708. The molecule has 1 atom stereocenters. The molecule has 6 heteroatoms. The fourth-order valence-corrected chi connectivity index (χ4v) is 3.77. The van der Waals surface area contributed by atoms with Gasteiger partial charge in [-0.2, -0.15) is 5.10 Å². The van der Waals surface area contributed by atoms with Crippen molar-refractivity contribution in [2.24, 2.45) is 5.92 Å². The molecule has 2 aromatic rings. The Balaban J connectivity index is 1.34. The van der Waals surface area contributed by atoms with Gasteiger partial charge in [-0.3, -0.25) is 14.8 Å². The number of carbonyl (C=O) groups is 1. The smallest absolute Gasteiger partial charge is 0.228 e. The molecule has 1 N–H and O–H groups in total. The van der Waals surface area contributed by atoms with Crippen molar-refractivity contribution in [3.63, 3.8) is 0 Å². The van der Waals surface area contributed by atoms with Crippen molar-refractivity contribution in [2.45, 2.75) is 12.8 Å². The van der Waals surface area contributed by atoms with Crippen LogP contribution in [0.3, 0.4) is 0 Å². The first kappa shape index (κ1) is 15.6. The lowest BCUT2D eigenvalue weighted by Gasteiger charge is -2.29. The summed E-state index contributed by atoms with van der Waals surface area (Å²) >= 11 is 0. The number of likely N-dealkylation sites (tertiary alicyclic amines) is 1. The molecular formula is C18H24N4O2. The molecule has 2 fully saturated rings. The van der Waals surface area contributed by atoms with Crippen LogP contribution in [0, 0.1) is 5.92 Å². The van der Waals surface area contributed by atoms with Gasteiger partial charge in [0.05, 0.1) is 30.8 Å². The third kappa shape index (κ3) is 3.30. The number of benzene rings is 1. The summed E-state index contributed by atoms with van der Waals surface area (Å²) in [7, 11) is 0. The van der Waals surface area contributed by atoms with Gasteiger partial charge in [0, 0.05) is 38.1 Å². The second kappa shape index (κ2) is 6.91. The lowest BCUT2D eigenvalue weighted by atomic mass is 10.1. The summed E-state index contributed by atoms with van der Waals surface area (Å²) in [5, 5.41) is 8.35. The van der Waals surface area contributed by atoms with Crippen LogP contribution in [0.2, 0.25) is 0 Å². The van der Waals surface area contributed by atoms with Crippen LogP contribution >= 0.6 is 0 Å². The molecule has 0 aliphatic carbocycles. The van der Waals surface area contributed by atoms with Gasteiger partial charge in [-0.15, -0.1) is 0 Å². The number of carbonyl (C=O) groups excluding carboxylic acids is 1. The van der Waals surface area contributed by atoms with Crippen LogP contribution in [-0.4, -0.2) is 71.8 Å². The zero-order valence-electron chi connectivity index (χ0n) is 13.9. The highest BCUT2D eigenvalue weighted by Crippen LogP contribution is 2.21. The molecule has 1 aromatic carbocycles. The monoisotopic (exact) mass is 328 g/mol. The van der Waals surface area contributed by atoms with Gasteiger partial charge in [-0.1, -0.05) is 18.2 Å². The van der Waals surface area contributed by atoms with Crippen LogP contribution < -0.4 is 0 Å². The highest BCUT2D eigenvalue weighted by atomic mass is 16.5. The number of hydrogen-bond acceptors (Lipinski definition) is 4. The van der Waals surface area contributed by atoms with Crippen LogP contribution in [0.25, 0.3) is 10.9 Å². The number of H-pyrrole nitrogens is 1. The van der Waals surface area contributed by atoms with Crippen LogP contribution in [0.1, 0.15) is 12.1 Å². The number of para-hydroxylation sites is 1. The third-order valence-electron chi connectivity index (χ3n) is 5.13. The number of amides is 1. The second-order valence-electron chi connectivity index (χ2n) is 6.80. The molecule has 1 aromatic heterocycles. The highest BCUT2D eigenvalue weighted by molar-refractivity contribution is 5.87. The van der Waals surface area contributed by atoms with E-state index in [1.54, 1.807) is 0 Å². The van der Waals surface area contributed by atoms with E-state index in [4.69, 9.17) is 4.74 Å². The van der Waals surface area contributed by atoms with Gasteiger partial charge >= 0.3 is 0 Å². The number of morpholine rings is 1. The van der Waals surface area contributed by atoms with Gasteiger partial charge in [-0.25, -0.2) is 0 Å². The first-order valence-electron chi connectivity index (χ1n) is 8.79. The van der Waals surface area contributed by atoms with E-state index < -0.39 is 0 Å². The van der Waals surface area contributed by atoms with Crippen molar-refractivity contribution in [2.75, 3.05) is 45.9 Å². The van der Waals surface area contributed by atoms with Crippen LogP contribution in [0.15, 0.2) is 24.3 Å². The Labute approximate surface area is 141 Å². The Hall–Kier alpha value is -1.92. The normalized spacial score (nSPS) is 22.3. The molecule has 4 rings (SSSR count). The van der Waals surface area contributed by atoms with E-state index in [1.165, 1.54) is 0 Å². The summed E-state index contributed by atoms with van der Waals surface area (Å²) in [6.45, 7) is 6.54. The van der Waals surface area contributed by atoms with E-state index in [9.17, 15) is 4.79 Å². The molecule has 0 spiro atoms. The number of ether oxygens (including phenoxy) is 1. The van der Waals surface area contributed by atoms with Gasteiger partial charge < -0.3 is 9.64 Å². The second-order valence-corrected chi connectivity index (χ2v) is 6.80. The van der Waals surface area contributed by atoms with Crippen molar-refractivity contribution in [1.29, 1.82) is 0 Å². The summed E-state index contributed by atoms with van der Waals surface area (Å²) in [6, 6.07) is 7.94. The van der Waals surface area contributed by atoms with Gasteiger partial charge in [0.2, 0.25) is 5.91 Å². The lowest BCUT2D eigenvalue weighted by Crippen LogP contribution is -2.40. The predicted octanol–water partition coefficient (Wildman–Crippen LogP) is 1.29. The molecule has 1 amide bonds. The number of nitrogens with zero attached hydrogens (tertiary/aromatic N) is 3. The van der Waals surface area contributed by atoms with Gasteiger partial charge in [-0.05, 0) is 18.4 Å². The molecule has 0 unspecified atom stereocenters. The molecular weight excluding hydrogens is 304 g/mol. The fraction of sp³-hybridized carbons (Fsp3) is 0.556. The first-order valence-corrected chi connectivity index (χ1v) is 8.79. The van der Waals surface area contributed by atoms with Crippen molar-refractivity contribution in [3.8, 4) is 0 Å². The highest BCUT2D eigenvalue weighted by Gasteiger charge is 2.28. The Morgan fingerprint density at radius 3 is 2.96 bits per heavy atom. The number of nitrogens with one attached hydrogen (secondary N) is 1. The van der Waals surface area contributed by atoms with Crippen LogP contribution in [0.4, 0.5) is 0 Å². The minimum absolute atomic E-state index is 0.203. The summed E-state index contributed by atoms with van der Waals surface area (Å²) in [5.74, 6) is 0.791. The maximum atomic E-state index is 12.6. The quantitative estimate of drug-likeness (QED) is 0.919. The maximum absolute atomic E-state index is 12.6. The van der Waals surface area contributed by atoms with E-state index in [0.717, 1.165) is 69.0 Å². The fourth-order valence-electron chi connectivity index (χ4n) is 3.77. The van der Waals surface area contributed by atoms with Crippen molar-refractivity contribution >= 4 is 16.8 Å². The summed E-state index contributed by atoms with van der Waals surface area (Å²) < 4.78 is 5.40. The number of fused-ring (bicyclic) bond motifs is 1. The molecule has 6 nitrogen and oxygen atoms in total. The number of hydrogen-bond donors (Lipinski definition) is 1. The lowest BCUT2D eigenvalue weighted by molar-refractivity contribution is -0.129. The average Bonchev–Trinajstić information content (AvgIpc) is 3.24. The summed E-state index contributed by atoms with van der Waals surface area (Å²) in [6.07, 6.45) is 1.51. The minimum Gasteiger partial charge on any atom is -0.379 e. The third-order valence-corrected chi connectivity index (χ3v) is 5.13. The molecule has 2 aliphatic rings. The molecule has 2 saturated heterocycles. The van der Waals surface area contributed by atoms with Crippen LogP contribution in [-0.2, 0) is 16.0 Å². The zero-order chi connectivity index (χ0) is 16.4. The Morgan fingerprint density at radius 2 is 2.08 bits per heavy atom. The molecule has 128 valence electrons. The van der Waals surface area contributed by atoms with Gasteiger partial charge in [0.1, 0.15) is 0 Å². The van der Waals surface area contributed by atoms with Crippen molar-refractivity contribution in [1.82, 2.24) is 20.0 Å².